The lowest BCUT2D eigenvalue weighted by atomic mass is 10.1. The van der Waals surface area contributed by atoms with E-state index in [2.05, 4.69) is 15.6 Å². The molecule has 0 fully saturated rings. The van der Waals surface area contributed by atoms with E-state index in [1.807, 2.05) is 18.2 Å². The average molecular weight is 486 g/mol. The minimum atomic E-state index is -0.332. The summed E-state index contributed by atoms with van der Waals surface area (Å²) in [5.74, 6) is 1.82. The molecule has 0 bridgehead atoms. The van der Waals surface area contributed by atoms with Crippen LogP contribution in [0.4, 0.5) is 5.13 Å². The summed E-state index contributed by atoms with van der Waals surface area (Å²) in [4.78, 5) is 29.2. The molecule has 1 aromatic heterocycles. The highest BCUT2D eigenvalue weighted by molar-refractivity contribution is 7.14. The maximum atomic E-state index is 12.5. The number of aromatic nitrogens is 1. The van der Waals surface area contributed by atoms with Gasteiger partial charge in [-0.1, -0.05) is 6.07 Å². The summed E-state index contributed by atoms with van der Waals surface area (Å²) in [6.45, 7) is 0.474. The van der Waals surface area contributed by atoms with Gasteiger partial charge < -0.3 is 24.3 Å². The molecule has 0 spiro atoms. The Labute approximate surface area is 202 Å². The predicted molar refractivity (Wildman–Crippen MR) is 130 cm³/mol. The SMILES string of the molecule is COc1ccc(CCNC(=O)Cc2csc(NC(=O)c3ccc(OC)c(OC)c3)n2)cc1OC. The van der Waals surface area contributed by atoms with Gasteiger partial charge in [0.1, 0.15) is 0 Å². The summed E-state index contributed by atoms with van der Waals surface area (Å²) in [5.41, 5.74) is 2.00. The molecule has 180 valence electrons. The molecule has 0 saturated heterocycles. The summed E-state index contributed by atoms with van der Waals surface area (Å²) in [6, 6.07) is 10.5. The van der Waals surface area contributed by atoms with Crippen LogP contribution in [0.1, 0.15) is 21.6 Å². The fourth-order valence-corrected chi connectivity index (χ4v) is 3.91. The molecule has 0 radical (unpaired) electrons. The monoisotopic (exact) mass is 485 g/mol. The Morgan fingerprint density at radius 2 is 1.53 bits per heavy atom. The molecule has 2 aromatic carbocycles. The van der Waals surface area contributed by atoms with Gasteiger partial charge in [-0.3, -0.25) is 14.9 Å². The van der Waals surface area contributed by atoms with E-state index >= 15 is 0 Å². The normalized spacial score (nSPS) is 10.4. The first-order valence-electron chi connectivity index (χ1n) is 10.4. The van der Waals surface area contributed by atoms with Gasteiger partial charge in [-0.15, -0.1) is 11.3 Å². The Bertz CT molecular complexity index is 1150. The lowest BCUT2D eigenvalue weighted by Gasteiger charge is -2.10. The minimum Gasteiger partial charge on any atom is -0.493 e. The molecule has 3 rings (SSSR count). The maximum Gasteiger partial charge on any atom is 0.257 e. The zero-order valence-corrected chi connectivity index (χ0v) is 20.3. The van der Waals surface area contributed by atoms with E-state index < -0.39 is 0 Å². The van der Waals surface area contributed by atoms with Gasteiger partial charge in [-0.25, -0.2) is 4.98 Å². The van der Waals surface area contributed by atoms with Crippen LogP contribution in [0, 0.1) is 0 Å². The van der Waals surface area contributed by atoms with Crippen molar-refractivity contribution in [3.8, 4) is 23.0 Å². The first kappa shape index (κ1) is 24.8. The van der Waals surface area contributed by atoms with Gasteiger partial charge in [-0.2, -0.15) is 0 Å². The summed E-state index contributed by atoms with van der Waals surface area (Å²) < 4.78 is 21.0. The molecule has 0 aliphatic heterocycles. The molecule has 0 atom stereocenters. The lowest BCUT2D eigenvalue weighted by molar-refractivity contribution is -0.120. The summed E-state index contributed by atoms with van der Waals surface area (Å²) >= 11 is 1.26. The third-order valence-electron chi connectivity index (χ3n) is 4.94. The van der Waals surface area contributed by atoms with Crippen molar-refractivity contribution in [2.24, 2.45) is 0 Å². The molecular formula is C24H27N3O6S. The second-order valence-electron chi connectivity index (χ2n) is 7.13. The second-order valence-corrected chi connectivity index (χ2v) is 7.99. The number of hydrogen-bond donors (Lipinski definition) is 2. The number of rotatable bonds is 11. The molecule has 10 heteroatoms. The number of nitrogens with one attached hydrogen (secondary N) is 2. The third-order valence-corrected chi connectivity index (χ3v) is 5.75. The Hall–Kier alpha value is -3.79. The number of ether oxygens (including phenoxy) is 4. The van der Waals surface area contributed by atoms with Crippen molar-refractivity contribution in [1.29, 1.82) is 0 Å². The van der Waals surface area contributed by atoms with Gasteiger partial charge in [0.2, 0.25) is 5.91 Å². The summed E-state index contributed by atoms with van der Waals surface area (Å²) in [5, 5.41) is 7.79. The number of thiazole rings is 1. The number of methoxy groups -OCH3 is 4. The van der Waals surface area contributed by atoms with Crippen LogP contribution in [0.3, 0.4) is 0 Å². The Balaban J connectivity index is 1.49. The van der Waals surface area contributed by atoms with Gasteiger partial charge in [0.15, 0.2) is 28.1 Å². The summed E-state index contributed by atoms with van der Waals surface area (Å²) in [7, 11) is 6.21. The third kappa shape index (κ3) is 6.38. The first-order chi connectivity index (χ1) is 16.5. The minimum absolute atomic E-state index is 0.120. The molecule has 0 aliphatic rings. The highest BCUT2D eigenvalue weighted by Gasteiger charge is 2.14. The van der Waals surface area contributed by atoms with E-state index in [0.717, 1.165) is 5.56 Å². The molecular weight excluding hydrogens is 458 g/mol. The van der Waals surface area contributed by atoms with Crippen molar-refractivity contribution >= 4 is 28.3 Å². The van der Waals surface area contributed by atoms with E-state index in [-0.39, 0.29) is 18.2 Å². The van der Waals surface area contributed by atoms with Crippen molar-refractivity contribution in [3.05, 3.63) is 58.6 Å². The van der Waals surface area contributed by atoms with Crippen LogP contribution >= 0.6 is 11.3 Å². The number of benzene rings is 2. The Kier molecular flexibility index (Phi) is 8.69. The van der Waals surface area contributed by atoms with Crippen LogP contribution in [0.25, 0.3) is 0 Å². The standard InChI is InChI=1S/C24H27N3O6S/c1-30-18-7-5-15(11-20(18)32-3)9-10-25-22(28)13-17-14-34-24(26-17)27-23(29)16-6-8-19(31-2)21(12-16)33-4/h5-8,11-12,14H,9-10,13H2,1-4H3,(H,25,28)(H,26,27,29). The van der Waals surface area contributed by atoms with Gasteiger partial charge in [0.05, 0.1) is 40.6 Å². The Morgan fingerprint density at radius 3 is 2.21 bits per heavy atom. The van der Waals surface area contributed by atoms with E-state index in [9.17, 15) is 9.59 Å². The molecule has 2 amide bonds. The van der Waals surface area contributed by atoms with Crippen molar-refractivity contribution in [2.45, 2.75) is 12.8 Å². The largest absolute Gasteiger partial charge is 0.493 e. The average Bonchev–Trinajstić information content (AvgIpc) is 3.29. The van der Waals surface area contributed by atoms with Gasteiger partial charge in [0, 0.05) is 17.5 Å². The van der Waals surface area contributed by atoms with Crippen LogP contribution in [0.2, 0.25) is 0 Å². The smallest absolute Gasteiger partial charge is 0.257 e. The maximum absolute atomic E-state index is 12.5. The number of hydrogen-bond acceptors (Lipinski definition) is 8. The second kappa shape index (κ2) is 11.9. The van der Waals surface area contributed by atoms with Crippen LogP contribution in [0.5, 0.6) is 23.0 Å². The van der Waals surface area contributed by atoms with Crippen LogP contribution in [-0.4, -0.2) is 51.8 Å². The van der Waals surface area contributed by atoms with Crippen molar-refractivity contribution in [3.63, 3.8) is 0 Å². The molecule has 9 nitrogen and oxygen atoms in total. The Morgan fingerprint density at radius 1 is 0.882 bits per heavy atom. The van der Waals surface area contributed by atoms with E-state index in [1.54, 1.807) is 37.8 Å². The number of anilines is 1. The zero-order chi connectivity index (χ0) is 24.5. The molecule has 0 unspecified atom stereocenters. The van der Waals surface area contributed by atoms with Crippen LogP contribution < -0.4 is 29.6 Å². The molecule has 34 heavy (non-hydrogen) atoms. The molecule has 3 aromatic rings. The number of carbonyl (C=O) groups is 2. The van der Waals surface area contributed by atoms with E-state index in [0.29, 0.717) is 52.4 Å². The quantitative estimate of drug-likeness (QED) is 0.429. The molecule has 2 N–H and O–H groups in total. The van der Waals surface area contributed by atoms with Crippen LogP contribution in [0.15, 0.2) is 41.8 Å². The summed E-state index contributed by atoms with van der Waals surface area (Å²) in [6.07, 6.45) is 0.768. The van der Waals surface area contributed by atoms with Crippen LogP contribution in [-0.2, 0) is 17.6 Å². The van der Waals surface area contributed by atoms with E-state index in [4.69, 9.17) is 18.9 Å². The first-order valence-corrected chi connectivity index (χ1v) is 11.3. The highest BCUT2D eigenvalue weighted by Crippen LogP contribution is 2.29. The molecule has 0 saturated carbocycles. The number of amides is 2. The van der Waals surface area contributed by atoms with Gasteiger partial charge in [0.25, 0.3) is 5.91 Å². The van der Waals surface area contributed by atoms with Gasteiger partial charge >= 0.3 is 0 Å². The van der Waals surface area contributed by atoms with Gasteiger partial charge in [-0.05, 0) is 42.3 Å². The highest BCUT2D eigenvalue weighted by atomic mass is 32.1. The molecule has 1 heterocycles. The fourth-order valence-electron chi connectivity index (χ4n) is 3.20. The van der Waals surface area contributed by atoms with E-state index in [1.165, 1.54) is 25.6 Å². The predicted octanol–water partition coefficient (Wildman–Crippen LogP) is 3.33. The fraction of sp³-hybridized carbons (Fsp3) is 0.292. The lowest BCUT2D eigenvalue weighted by Crippen LogP contribution is -2.27. The number of carbonyl (C=O) groups excluding carboxylic acids is 2. The van der Waals surface area contributed by atoms with Crippen molar-refractivity contribution in [1.82, 2.24) is 10.3 Å². The number of nitrogens with zero attached hydrogens (tertiary/aromatic N) is 1. The zero-order valence-electron chi connectivity index (χ0n) is 19.5. The topological polar surface area (TPSA) is 108 Å². The molecule has 0 aliphatic carbocycles. The van der Waals surface area contributed by atoms with Crippen molar-refractivity contribution in [2.75, 3.05) is 40.3 Å². The van der Waals surface area contributed by atoms with Crippen molar-refractivity contribution < 1.29 is 28.5 Å².